The zero-order valence-electron chi connectivity index (χ0n) is 13.5. The largest absolute Gasteiger partial charge is 0.350 e. The molecule has 1 saturated heterocycles. The van der Waals surface area contributed by atoms with E-state index in [4.69, 9.17) is 0 Å². The summed E-state index contributed by atoms with van der Waals surface area (Å²) in [5.74, 6) is 0.299. The van der Waals surface area contributed by atoms with Gasteiger partial charge in [-0.1, -0.05) is 19.1 Å². The first-order chi connectivity index (χ1) is 9.97. The summed E-state index contributed by atoms with van der Waals surface area (Å²) in [6.07, 6.45) is 4.04. The van der Waals surface area contributed by atoms with Gasteiger partial charge in [0.1, 0.15) is 0 Å². The first-order valence-electron chi connectivity index (χ1n) is 7.91. The first-order valence-corrected chi connectivity index (χ1v) is 7.91. The van der Waals surface area contributed by atoms with E-state index in [2.05, 4.69) is 48.2 Å². The predicted molar refractivity (Wildman–Crippen MR) is 82.2 cm³/mol. The maximum Gasteiger partial charge on any atom is 0.273 e. The van der Waals surface area contributed by atoms with E-state index in [9.17, 15) is 4.79 Å². The van der Waals surface area contributed by atoms with Crippen LogP contribution in [0.15, 0.2) is 6.20 Å². The lowest BCUT2D eigenvalue weighted by Gasteiger charge is -2.35. The van der Waals surface area contributed by atoms with Gasteiger partial charge in [-0.05, 0) is 39.2 Å². The molecule has 1 amide bonds. The molecule has 0 bridgehead atoms. The Balaban J connectivity index is 1.97. The highest BCUT2D eigenvalue weighted by atomic mass is 16.2. The van der Waals surface area contributed by atoms with E-state index < -0.39 is 0 Å². The molecule has 1 atom stereocenters. The van der Waals surface area contributed by atoms with E-state index in [0.717, 1.165) is 25.9 Å². The number of hydrogen-bond acceptors (Lipinski definition) is 4. The summed E-state index contributed by atoms with van der Waals surface area (Å²) >= 11 is 0. The van der Waals surface area contributed by atoms with E-state index in [1.165, 1.54) is 0 Å². The monoisotopic (exact) mass is 293 g/mol. The van der Waals surface area contributed by atoms with Crippen LogP contribution in [0.4, 0.5) is 0 Å². The maximum atomic E-state index is 12.0. The molecule has 0 aromatic carbocycles. The molecule has 0 spiro atoms. The number of carbonyl (C=O) groups is 1. The number of aromatic nitrogens is 3. The van der Waals surface area contributed by atoms with Crippen molar-refractivity contribution in [2.75, 3.05) is 19.6 Å². The van der Waals surface area contributed by atoms with Gasteiger partial charge in [-0.25, -0.2) is 4.68 Å². The minimum absolute atomic E-state index is 0.133. The zero-order chi connectivity index (χ0) is 15.4. The lowest BCUT2D eigenvalue weighted by molar-refractivity contribution is 0.0943. The van der Waals surface area contributed by atoms with Crippen molar-refractivity contribution in [1.29, 1.82) is 0 Å². The summed E-state index contributed by atoms with van der Waals surface area (Å²) in [4.78, 5) is 14.4. The summed E-state index contributed by atoms with van der Waals surface area (Å²) in [5.41, 5.74) is 0.414. The van der Waals surface area contributed by atoms with Crippen LogP contribution < -0.4 is 5.32 Å². The standard InChI is InChI=1S/C15H27N5O/c1-11(2)8-16-15(21)14-10-20(18-17-14)13-6-5-7-19(9-13)12(3)4/h10-13H,5-9H2,1-4H3,(H,16,21)/t13-/m0/s1. The van der Waals surface area contributed by atoms with E-state index in [-0.39, 0.29) is 5.91 Å². The van der Waals surface area contributed by atoms with Crippen LogP contribution >= 0.6 is 0 Å². The van der Waals surface area contributed by atoms with Crippen molar-refractivity contribution < 1.29 is 4.79 Å². The minimum atomic E-state index is -0.133. The highest BCUT2D eigenvalue weighted by Crippen LogP contribution is 2.22. The van der Waals surface area contributed by atoms with Crippen molar-refractivity contribution in [3.8, 4) is 0 Å². The third kappa shape index (κ3) is 4.27. The van der Waals surface area contributed by atoms with Gasteiger partial charge < -0.3 is 5.32 Å². The lowest BCUT2D eigenvalue weighted by Crippen LogP contribution is -2.40. The molecule has 6 nitrogen and oxygen atoms in total. The van der Waals surface area contributed by atoms with Crippen LogP contribution in [0, 0.1) is 5.92 Å². The maximum absolute atomic E-state index is 12.0. The fourth-order valence-corrected chi connectivity index (χ4v) is 2.61. The Bertz CT molecular complexity index is 468. The van der Waals surface area contributed by atoms with E-state index in [0.29, 0.717) is 30.2 Å². The molecule has 0 unspecified atom stereocenters. The number of piperidine rings is 1. The quantitative estimate of drug-likeness (QED) is 0.897. The molecule has 1 aliphatic heterocycles. The van der Waals surface area contributed by atoms with Crippen molar-refractivity contribution in [2.45, 2.75) is 52.6 Å². The van der Waals surface area contributed by atoms with E-state index >= 15 is 0 Å². The third-order valence-electron chi connectivity index (χ3n) is 3.95. The Hall–Kier alpha value is -1.43. The van der Waals surface area contributed by atoms with Crippen LogP contribution in [0.1, 0.15) is 57.1 Å². The molecular weight excluding hydrogens is 266 g/mol. The van der Waals surface area contributed by atoms with Gasteiger partial charge in [-0.15, -0.1) is 5.10 Å². The SMILES string of the molecule is CC(C)CNC(=O)c1cn([C@H]2CCCN(C(C)C)C2)nn1. The number of rotatable bonds is 5. The molecular formula is C15H27N5O. The van der Waals surface area contributed by atoms with E-state index in [1.54, 1.807) is 6.20 Å². The summed E-state index contributed by atoms with van der Waals surface area (Å²) < 4.78 is 1.86. The minimum Gasteiger partial charge on any atom is -0.350 e. The van der Waals surface area contributed by atoms with Gasteiger partial charge in [-0.3, -0.25) is 9.69 Å². The van der Waals surface area contributed by atoms with Crippen molar-refractivity contribution in [3.05, 3.63) is 11.9 Å². The molecule has 2 rings (SSSR count). The second-order valence-corrected chi connectivity index (χ2v) is 6.57. The Morgan fingerprint density at radius 3 is 2.86 bits per heavy atom. The molecule has 118 valence electrons. The molecule has 1 N–H and O–H groups in total. The van der Waals surface area contributed by atoms with Crippen LogP contribution in [0.5, 0.6) is 0 Å². The van der Waals surface area contributed by atoms with E-state index in [1.807, 2.05) is 4.68 Å². The van der Waals surface area contributed by atoms with Gasteiger partial charge in [-0.2, -0.15) is 0 Å². The van der Waals surface area contributed by atoms with Gasteiger partial charge in [0.2, 0.25) is 0 Å². The average molecular weight is 293 g/mol. The second kappa shape index (κ2) is 7.02. The number of nitrogens with one attached hydrogen (secondary N) is 1. The summed E-state index contributed by atoms with van der Waals surface area (Å²) in [5, 5.41) is 11.1. The highest BCUT2D eigenvalue weighted by molar-refractivity contribution is 5.91. The van der Waals surface area contributed by atoms with Gasteiger partial charge in [0, 0.05) is 19.1 Å². The average Bonchev–Trinajstić information content (AvgIpc) is 2.94. The fraction of sp³-hybridized carbons (Fsp3) is 0.800. The fourth-order valence-electron chi connectivity index (χ4n) is 2.61. The lowest BCUT2D eigenvalue weighted by atomic mass is 10.0. The van der Waals surface area contributed by atoms with Crippen LogP contribution in [-0.4, -0.2) is 51.5 Å². The van der Waals surface area contributed by atoms with Crippen LogP contribution in [0.25, 0.3) is 0 Å². The molecule has 0 radical (unpaired) electrons. The number of carbonyl (C=O) groups excluding carboxylic acids is 1. The van der Waals surface area contributed by atoms with Crippen molar-refractivity contribution in [1.82, 2.24) is 25.2 Å². The first kappa shape index (κ1) is 15.9. The van der Waals surface area contributed by atoms with Crippen molar-refractivity contribution in [3.63, 3.8) is 0 Å². The number of hydrogen-bond donors (Lipinski definition) is 1. The summed E-state index contributed by atoms with van der Waals surface area (Å²) in [6.45, 7) is 11.4. The molecule has 1 fully saturated rings. The third-order valence-corrected chi connectivity index (χ3v) is 3.95. The highest BCUT2D eigenvalue weighted by Gasteiger charge is 2.24. The van der Waals surface area contributed by atoms with Crippen LogP contribution in [-0.2, 0) is 0 Å². The normalized spacial score (nSPS) is 20.2. The number of amides is 1. The smallest absolute Gasteiger partial charge is 0.273 e. The molecule has 1 aromatic heterocycles. The van der Waals surface area contributed by atoms with Crippen LogP contribution in [0.2, 0.25) is 0 Å². The molecule has 2 heterocycles. The summed E-state index contributed by atoms with van der Waals surface area (Å²) in [7, 11) is 0. The van der Waals surface area contributed by atoms with Crippen molar-refractivity contribution >= 4 is 5.91 Å². The Morgan fingerprint density at radius 1 is 1.43 bits per heavy atom. The molecule has 0 saturated carbocycles. The Kier molecular flexibility index (Phi) is 5.33. The molecule has 6 heteroatoms. The number of nitrogens with zero attached hydrogens (tertiary/aromatic N) is 4. The zero-order valence-corrected chi connectivity index (χ0v) is 13.5. The van der Waals surface area contributed by atoms with Gasteiger partial charge in [0.25, 0.3) is 5.91 Å². The predicted octanol–water partition coefficient (Wildman–Crippen LogP) is 1.71. The number of likely N-dealkylation sites (tertiary alicyclic amines) is 1. The Morgan fingerprint density at radius 2 is 2.19 bits per heavy atom. The van der Waals surface area contributed by atoms with Crippen molar-refractivity contribution in [2.24, 2.45) is 5.92 Å². The topological polar surface area (TPSA) is 63.1 Å². The van der Waals surface area contributed by atoms with Crippen LogP contribution in [0.3, 0.4) is 0 Å². The second-order valence-electron chi connectivity index (χ2n) is 6.57. The molecule has 21 heavy (non-hydrogen) atoms. The molecule has 0 aliphatic carbocycles. The molecule has 1 aromatic rings. The summed E-state index contributed by atoms with van der Waals surface area (Å²) in [6, 6.07) is 0.866. The van der Waals surface area contributed by atoms with Gasteiger partial charge >= 0.3 is 0 Å². The van der Waals surface area contributed by atoms with Gasteiger partial charge in [0.15, 0.2) is 5.69 Å². The molecule has 1 aliphatic rings. The Labute approximate surface area is 126 Å². The van der Waals surface area contributed by atoms with Gasteiger partial charge in [0.05, 0.1) is 12.2 Å².